The van der Waals surface area contributed by atoms with E-state index in [-0.39, 0.29) is 33.2 Å². The third-order valence-corrected chi connectivity index (χ3v) is 4.50. The summed E-state index contributed by atoms with van der Waals surface area (Å²) in [5.74, 6) is -5.53. The fourth-order valence-corrected chi connectivity index (χ4v) is 2.81. The second-order valence-electron chi connectivity index (χ2n) is 6.77. The topological polar surface area (TPSA) is 118 Å². The van der Waals surface area contributed by atoms with Gasteiger partial charge in [-0.15, -0.1) is 0 Å². The van der Waals surface area contributed by atoms with Crippen LogP contribution in [0.25, 0.3) is 0 Å². The van der Waals surface area contributed by atoms with Crippen LogP contribution in [0.5, 0.6) is 0 Å². The molecule has 3 rings (SSSR count). The highest BCUT2D eigenvalue weighted by Gasteiger charge is 2.35. The second-order valence-corrected chi connectivity index (χ2v) is 6.77. The molecule has 3 heterocycles. The Kier molecular flexibility index (Phi) is 6.53. The smallest absolute Gasteiger partial charge is 0.325 e. The first-order valence-electron chi connectivity index (χ1n) is 9.32. The number of aryl methyl sites for hydroxylation is 1. The molecule has 0 spiro atoms. The van der Waals surface area contributed by atoms with E-state index in [0.29, 0.717) is 0 Å². The number of amides is 1. The van der Waals surface area contributed by atoms with Gasteiger partial charge in [-0.3, -0.25) is 15.1 Å². The number of aromatic nitrogens is 3. The molecular formula is C21H17F3N6O2. The maximum atomic E-state index is 14.3. The van der Waals surface area contributed by atoms with Crippen LogP contribution in [0.3, 0.4) is 0 Å². The standard InChI is InChI=1S/C21H17F3N6O2/c1-13-7-9-27-20(19(13)22)29-18(31)10-15-14(11-25)5-6-17(30(15)32)28-12-21(23,24)16-4-2-3-8-26-16/h2-9,28H,10,12H2,1H3,(H,27,29,31). The number of nitrogens with zero attached hydrogens (tertiary/aromatic N) is 4. The van der Waals surface area contributed by atoms with E-state index in [9.17, 15) is 28.4 Å². The molecule has 0 aliphatic carbocycles. The largest absolute Gasteiger partial charge is 0.710 e. The molecular weight excluding hydrogens is 425 g/mol. The van der Waals surface area contributed by atoms with Gasteiger partial charge in [0.1, 0.15) is 17.5 Å². The van der Waals surface area contributed by atoms with Crippen LogP contribution in [-0.2, 0) is 17.1 Å². The summed E-state index contributed by atoms with van der Waals surface area (Å²) in [6.45, 7) is 0.546. The average Bonchev–Trinajstić information content (AvgIpc) is 2.78. The van der Waals surface area contributed by atoms with Crippen LogP contribution in [0.2, 0.25) is 0 Å². The normalized spacial score (nSPS) is 11.0. The number of alkyl halides is 2. The summed E-state index contributed by atoms with van der Waals surface area (Å²) in [6.07, 6.45) is 1.92. The van der Waals surface area contributed by atoms with Crippen molar-refractivity contribution in [2.75, 3.05) is 17.2 Å². The molecule has 0 saturated heterocycles. The van der Waals surface area contributed by atoms with E-state index in [0.717, 1.165) is 12.1 Å². The minimum Gasteiger partial charge on any atom is -0.710 e. The van der Waals surface area contributed by atoms with Crippen molar-refractivity contribution >= 4 is 17.5 Å². The Labute approximate surface area is 181 Å². The molecule has 0 fully saturated rings. The number of rotatable bonds is 7. The first kappa shape index (κ1) is 22.5. The maximum Gasteiger partial charge on any atom is 0.325 e. The van der Waals surface area contributed by atoms with Crippen molar-refractivity contribution in [2.45, 2.75) is 19.3 Å². The van der Waals surface area contributed by atoms with E-state index in [2.05, 4.69) is 20.6 Å². The molecule has 8 nitrogen and oxygen atoms in total. The number of anilines is 2. The van der Waals surface area contributed by atoms with Crippen molar-refractivity contribution in [3.63, 3.8) is 0 Å². The quantitative estimate of drug-likeness (QED) is 0.429. The van der Waals surface area contributed by atoms with Gasteiger partial charge in [0.05, 0.1) is 12.0 Å². The van der Waals surface area contributed by atoms with Gasteiger partial charge >= 0.3 is 5.92 Å². The van der Waals surface area contributed by atoms with Gasteiger partial charge in [-0.25, -0.2) is 14.1 Å². The SMILES string of the molecule is Cc1ccnc(NC(=O)Cc2c(C#N)ccc(NCC(F)(F)c3ccccn3)[n+]2[O-])c1F. The van der Waals surface area contributed by atoms with Gasteiger partial charge in [-0.2, -0.15) is 14.0 Å². The number of nitrogens with one attached hydrogen (secondary N) is 2. The summed E-state index contributed by atoms with van der Waals surface area (Å²) in [5.41, 5.74) is -0.642. The number of pyridine rings is 3. The highest BCUT2D eigenvalue weighted by Crippen LogP contribution is 2.26. The molecule has 0 atom stereocenters. The van der Waals surface area contributed by atoms with Gasteiger partial charge in [-0.1, -0.05) is 6.07 Å². The lowest BCUT2D eigenvalue weighted by Crippen LogP contribution is -2.40. The Morgan fingerprint density at radius 2 is 2.00 bits per heavy atom. The predicted octanol–water partition coefficient (Wildman–Crippen LogP) is 2.81. The van der Waals surface area contributed by atoms with Crippen molar-refractivity contribution in [3.05, 3.63) is 82.3 Å². The Morgan fingerprint density at radius 3 is 2.69 bits per heavy atom. The molecule has 0 radical (unpaired) electrons. The number of carbonyl (C=O) groups is 1. The first-order chi connectivity index (χ1) is 15.2. The zero-order valence-corrected chi connectivity index (χ0v) is 16.8. The summed E-state index contributed by atoms with van der Waals surface area (Å²) in [4.78, 5) is 19.7. The summed E-state index contributed by atoms with van der Waals surface area (Å²) >= 11 is 0. The fraction of sp³-hybridized carbons (Fsp3) is 0.190. The Balaban J connectivity index is 1.79. The van der Waals surface area contributed by atoms with Crippen molar-refractivity contribution in [2.24, 2.45) is 0 Å². The van der Waals surface area contributed by atoms with Crippen LogP contribution in [-0.4, -0.2) is 22.4 Å². The molecule has 32 heavy (non-hydrogen) atoms. The minimum absolute atomic E-state index is 0.130. The number of carbonyl (C=O) groups excluding carboxylic acids is 1. The first-order valence-corrected chi connectivity index (χ1v) is 9.32. The molecule has 3 aromatic heterocycles. The summed E-state index contributed by atoms with van der Waals surface area (Å²) < 4.78 is 42.9. The maximum absolute atomic E-state index is 14.3. The molecule has 1 amide bonds. The fourth-order valence-electron chi connectivity index (χ4n) is 2.81. The zero-order chi connectivity index (χ0) is 23.3. The Hall–Kier alpha value is -4.20. The average molecular weight is 442 g/mol. The lowest BCUT2D eigenvalue weighted by atomic mass is 10.1. The number of halogens is 3. The van der Waals surface area contributed by atoms with Crippen LogP contribution in [0.4, 0.5) is 24.8 Å². The van der Waals surface area contributed by atoms with Crippen molar-refractivity contribution in [1.29, 1.82) is 5.26 Å². The Morgan fingerprint density at radius 1 is 1.22 bits per heavy atom. The van der Waals surface area contributed by atoms with Crippen LogP contribution >= 0.6 is 0 Å². The van der Waals surface area contributed by atoms with Gasteiger partial charge in [-0.05, 0) is 36.8 Å². The molecule has 0 aromatic carbocycles. The number of hydrogen-bond acceptors (Lipinski definition) is 6. The van der Waals surface area contributed by atoms with E-state index in [1.165, 1.54) is 43.6 Å². The second kappa shape index (κ2) is 9.30. The van der Waals surface area contributed by atoms with Gasteiger partial charge in [0.25, 0.3) is 5.82 Å². The summed E-state index contributed by atoms with van der Waals surface area (Å²) in [7, 11) is 0. The van der Waals surface area contributed by atoms with E-state index in [4.69, 9.17) is 0 Å². The minimum atomic E-state index is -3.38. The van der Waals surface area contributed by atoms with Crippen LogP contribution in [0.1, 0.15) is 22.5 Å². The molecule has 3 aromatic rings. The lowest BCUT2D eigenvalue weighted by Gasteiger charge is -2.18. The van der Waals surface area contributed by atoms with Crippen LogP contribution < -0.4 is 15.4 Å². The predicted molar refractivity (Wildman–Crippen MR) is 108 cm³/mol. The van der Waals surface area contributed by atoms with E-state index < -0.39 is 36.3 Å². The van der Waals surface area contributed by atoms with Gasteiger partial charge in [0.15, 0.2) is 18.2 Å². The van der Waals surface area contributed by atoms with Crippen molar-refractivity contribution < 1.29 is 22.7 Å². The van der Waals surface area contributed by atoms with Crippen molar-refractivity contribution in [3.8, 4) is 6.07 Å². The Bertz CT molecular complexity index is 1180. The summed E-state index contributed by atoms with van der Waals surface area (Å²) in [6, 6.07) is 9.63. The molecule has 0 aliphatic rings. The highest BCUT2D eigenvalue weighted by atomic mass is 19.3. The van der Waals surface area contributed by atoms with E-state index >= 15 is 0 Å². The van der Waals surface area contributed by atoms with Gasteiger partial charge in [0, 0.05) is 18.5 Å². The molecule has 11 heteroatoms. The number of hydrogen-bond donors (Lipinski definition) is 2. The van der Waals surface area contributed by atoms with Crippen molar-refractivity contribution in [1.82, 2.24) is 9.97 Å². The zero-order valence-electron chi connectivity index (χ0n) is 16.8. The summed E-state index contributed by atoms with van der Waals surface area (Å²) in [5, 5.41) is 26.5. The van der Waals surface area contributed by atoms with E-state index in [1.54, 1.807) is 6.07 Å². The third-order valence-electron chi connectivity index (χ3n) is 4.50. The van der Waals surface area contributed by atoms with Crippen LogP contribution in [0.15, 0.2) is 48.8 Å². The molecule has 2 N–H and O–H groups in total. The molecule has 164 valence electrons. The third kappa shape index (κ3) is 4.92. The molecule has 0 bridgehead atoms. The van der Waals surface area contributed by atoms with Gasteiger partial charge < -0.3 is 10.5 Å². The number of nitriles is 1. The molecule has 0 saturated carbocycles. The molecule has 0 unspecified atom stereocenters. The monoisotopic (exact) mass is 442 g/mol. The van der Waals surface area contributed by atoms with Gasteiger partial charge in [0.2, 0.25) is 5.91 Å². The van der Waals surface area contributed by atoms with E-state index in [1.807, 2.05) is 0 Å². The van der Waals surface area contributed by atoms with Crippen LogP contribution in [0, 0.1) is 29.3 Å². The lowest BCUT2D eigenvalue weighted by molar-refractivity contribution is -0.598. The molecule has 0 aliphatic heterocycles. The highest BCUT2D eigenvalue weighted by molar-refractivity contribution is 5.91.